The molecule has 1 saturated carbocycles. The summed E-state index contributed by atoms with van der Waals surface area (Å²) >= 11 is 1.76. The number of thiazole rings is 1. The molecule has 1 atom stereocenters. The van der Waals surface area contributed by atoms with Gasteiger partial charge in [0.1, 0.15) is 17.5 Å². The van der Waals surface area contributed by atoms with E-state index < -0.39 is 0 Å². The molecule has 9 nitrogen and oxygen atoms in total. The van der Waals surface area contributed by atoms with Gasteiger partial charge in [0.15, 0.2) is 11.0 Å². The number of para-hydroxylation sites is 1. The summed E-state index contributed by atoms with van der Waals surface area (Å²) in [5.41, 5.74) is 2.13. The predicted molar refractivity (Wildman–Crippen MR) is 145 cm³/mol. The maximum absolute atomic E-state index is 5.86. The fraction of sp³-hybridized carbons (Fsp3) is 0.481. The minimum Gasteiger partial charge on any atom is -0.497 e. The summed E-state index contributed by atoms with van der Waals surface area (Å²) in [5, 5.41) is 14.4. The van der Waals surface area contributed by atoms with Gasteiger partial charge in [-0.2, -0.15) is 0 Å². The van der Waals surface area contributed by atoms with E-state index in [-0.39, 0.29) is 6.04 Å². The fourth-order valence-electron chi connectivity index (χ4n) is 5.68. The van der Waals surface area contributed by atoms with Crippen LogP contribution in [0.3, 0.4) is 0 Å². The molecule has 0 unspecified atom stereocenters. The second-order valence-electron chi connectivity index (χ2n) is 9.77. The molecule has 2 aliphatic rings. The number of anilines is 1. The molecule has 0 N–H and O–H groups in total. The SMILES string of the molecule is COc1ccc([C@@H](c2nnnn2C2CCCCC2)N2CCN(c3nc4ccccc4s3)CC2)c(OC)c1. The van der Waals surface area contributed by atoms with Gasteiger partial charge >= 0.3 is 0 Å². The van der Waals surface area contributed by atoms with Crippen LogP contribution >= 0.6 is 11.3 Å². The first-order chi connectivity index (χ1) is 18.2. The molecule has 2 aromatic heterocycles. The molecular formula is C27H33N7O2S. The maximum atomic E-state index is 5.86. The van der Waals surface area contributed by atoms with E-state index in [9.17, 15) is 0 Å². The van der Waals surface area contributed by atoms with Crippen molar-refractivity contribution in [3.8, 4) is 11.5 Å². The van der Waals surface area contributed by atoms with Gasteiger partial charge in [0.25, 0.3) is 0 Å². The number of nitrogens with zero attached hydrogens (tertiary/aromatic N) is 7. The summed E-state index contributed by atoms with van der Waals surface area (Å²) in [4.78, 5) is 9.77. The monoisotopic (exact) mass is 519 g/mol. The zero-order valence-electron chi connectivity index (χ0n) is 21.4. The molecule has 1 aliphatic heterocycles. The maximum Gasteiger partial charge on any atom is 0.186 e. The van der Waals surface area contributed by atoms with Crippen molar-refractivity contribution in [2.45, 2.75) is 44.2 Å². The molecule has 2 aromatic carbocycles. The quantitative estimate of drug-likeness (QED) is 0.347. The third-order valence-electron chi connectivity index (χ3n) is 7.65. The van der Waals surface area contributed by atoms with Crippen LogP contribution < -0.4 is 14.4 Å². The van der Waals surface area contributed by atoms with Crippen LogP contribution in [0.2, 0.25) is 0 Å². The average Bonchev–Trinajstić information content (AvgIpc) is 3.62. The standard InChI is InChI=1S/C27H33N7O2S/c1-35-20-12-13-21(23(18-20)36-2)25(26-29-30-31-34(26)19-8-4-3-5-9-19)32-14-16-33(17-15-32)27-28-22-10-6-7-11-24(22)37-27/h6-7,10-13,18-19,25H,3-5,8-9,14-17H2,1-2H3/t25-/m0/s1. The van der Waals surface area contributed by atoms with Crippen LogP contribution in [0, 0.1) is 0 Å². The Kier molecular flexibility index (Phi) is 6.93. The number of hydrogen-bond donors (Lipinski definition) is 0. The number of fused-ring (bicyclic) bond motifs is 1. The lowest BCUT2D eigenvalue weighted by molar-refractivity contribution is 0.190. The number of hydrogen-bond acceptors (Lipinski definition) is 9. The zero-order chi connectivity index (χ0) is 25.2. The molecule has 4 aromatic rings. The zero-order valence-corrected chi connectivity index (χ0v) is 22.2. The van der Waals surface area contributed by atoms with Crippen molar-refractivity contribution >= 4 is 26.7 Å². The molecule has 1 aliphatic carbocycles. The van der Waals surface area contributed by atoms with E-state index in [1.54, 1.807) is 25.6 Å². The van der Waals surface area contributed by atoms with Crippen LogP contribution in [0.1, 0.15) is 55.6 Å². The van der Waals surface area contributed by atoms with E-state index in [0.717, 1.165) is 72.6 Å². The summed E-state index contributed by atoms with van der Waals surface area (Å²) in [6.45, 7) is 3.51. The molecular weight excluding hydrogens is 486 g/mol. The fourth-order valence-corrected chi connectivity index (χ4v) is 6.69. The van der Waals surface area contributed by atoms with Gasteiger partial charge < -0.3 is 14.4 Å². The molecule has 0 amide bonds. The van der Waals surface area contributed by atoms with Crippen molar-refractivity contribution in [3.63, 3.8) is 0 Å². The molecule has 1 saturated heterocycles. The molecule has 3 heterocycles. The van der Waals surface area contributed by atoms with E-state index in [1.807, 2.05) is 18.2 Å². The van der Waals surface area contributed by atoms with Crippen LogP contribution in [0.15, 0.2) is 42.5 Å². The Morgan fingerprint density at radius 1 is 0.946 bits per heavy atom. The van der Waals surface area contributed by atoms with E-state index in [1.165, 1.54) is 24.0 Å². The Morgan fingerprint density at radius 3 is 2.51 bits per heavy atom. The van der Waals surface area contributed by atoms with Crippen LogP contribution in [-0.2, 0) is 0 Å². The molecule has 10 heteroatoms. The summed E-state index contributed by atoms with van der Waals surface area (Å²) < 4.78 is 14.7. The van der Waals surface area contributed by atoms with E-state index >= 15 is 0 Å². The molecule has 194 valence electrons. The first-order valence-corrected chi connectivity index (χ1v) is 13.9. The molecule has 37 heavy (non-hydrogen) atoms. The number of rotatable bonds is 7. The van der Waals surface area contributed by atoms with Gasteiger partial charge in [0.05, 0.1) is 30.5 Å². The van der Waals surface area contributed by atoms with Crippen LogP contribution in [-0.4, -0.2) is 70.5 Å². The van der Waals surface area contributed by atoms with Crippen molar-refractivity contribution in [3.05, 3.63) is 53.9 Å². The van der Waals surface area contributed by atoms with E-state index in [2.05, 4.69) is 54.3 Å². The number of methoxy groups -OCH3 is 2. The number of aromatic nitrogens is 5. The molecule has 2 fully saturated rings. The van der Waals surface area contributed by atoms with Gasteiger partial charge in [-0.05, 0) is 47.5 Å². The summed E-state index contributed by atoms with van der Waals surface area (Å²) in [6.07, 6.45) is 5.98. The second-order valence-corrected chi connectivity index (χ2v) is 10.8. The first kappa shape index (κ1) is 24.1. The normalized spacial score (nSPS) is 18.3. The Balaban J connectivity index is 1.32. The van der Waals surface area contributed by atoms with Crippen molar-refractivity contribution < 1.29 is 9.47 Å². The van der Waals surface area contributed by atoms with Gasteiger partial charge in [-0.3, -0.25) is 4.90 Å². The van der Waals surface area contributed by atoms with E-state index in [4.69, 9.17) is 14.5 Å². The minimum absolute atomic E-state index is 0.115. The van der Waals surface area contributed by atoms with Crippen molar-refractivity contribution in [2.75, 3.05) is 45.3 Å². The third kappa shape index (κ3) is 4.75. The Bertz CT molecular complexity index is 1310. The van der Waals surface area contributed by atoms with Crippen LogP contribution in [0.5, 0.6) is 11.5 Å². The van der Waals surface area contributed by atoms with Crippen molar-refractivity contribution in [2.24, 2.45) is 0 Å². The second kappa shape index (κ2) is 10.6. The topological polar surface area (TPSA) is 81.4 Å². The highest BCUT2D eigenvalue weighted by Crippen LogP contribution is 2.39. The molecule has 0 bridgehead atoms. The van der Waals surface area contributed by atoms with Gasteiger partial charge in [0, 0.05) is 37.8 Å². The highest BCUT2D eigenvalue weighted by atomic mass is 32.1. The Labute approximate surface area is 221 Å². The predicted octanol–water partition coefficient (Wildman–Crippen LogP) is 4.72. The first-order valence-electron chi connectivity index (χ1n) is 13.1. The number of piperazine rings is 1. The lowest BCUT2D eigenvalue weighted by atomic mass is 9.95. The summed E-state index contributed by atoms with van der Waals surface area (Å²) in [6, 6.07) is 14.6. The minimum atomic E-state index is -0.115. The smallest absolute Gasteiger partial charge is 0.186 e. The van der Waals surface area contributed by atoms with E-state index in [0.29, 0.717) is 6.04 Å². The summed E-state index contributed by atoms with van der Waals surface area (Å²) in [7, 11) is 3.39. The Hall–Kier alpha value is -3.24. The third-order valence-corrected chi connectivity index (χ3v) is 8.75. The molecule has 6 rings (SSSR count). The van der Waals surface area contributed by atoms with Gasteiger partial charge in [-0.1, -0.05) is 42.7 Å². The number of benzene rings is 2. The van der Waals surface area contributed by atoms with Crippen molar-refractivity contribution in [1.82, 2.24) is 30.1 Å². The Morgan fingerprint density at radius 2 is 1.76 bits per heavy atom. The van der Waals surface area contributed by atoms with Crippen LogP contribution in [0.4, 0.5) is 5.13 Å². The summed E-state index contributed by atoms with van der Waals surface area (Å²) in [5.74, 6) is 2.45. The molecule has 0 spiro atoms. The highest BCUT2D eigenvalue weighted by molar-refractivity contribution is 7.22. The lowest BCUT2D eigenvalue weighted by Gasteiger charge is -2.39. The molecule has 0 radical (unpaired) electrons. The highest BCUT2D eigenvalue weighted by Gasteiger charge is 2.35. The van der Waals surface area contributed by atoms with Crippen LogP contribution in [0.25, 0.3) is 10.2 Å². The number of tetrazole rings is 1. The van der Waals surface area contributed by atoms with Gasteiger partial charge in [0.2, 0.25) is 0 Å². The van der Waals surface area contributed by atoms with Crippen molar-refractivity contribution in [1.29, 1.82) is 0 Å². The number of ether oxygens (including phenoxy) is 2. The lowest BCUT2D eigenvalue weighted by Crippen LogP contribution is -2.48. The average molecular weight is 520 g/mol. The van der Waals surface area contributed by atoms with Gasteiger partial charge in [-0.15, -0.1) is 5.10 Å². The van der Waals surface area contributed by atoms with Gasteiger partial charge in [-0.25, -0.2) is 9.67 Å². The largest absolute Gasteiger partial charge is 0.497 e.